The van der Waals surface area contributed by atoms with Gasteiger partial charge in [0.05, 0.1) is 28.5 Å². The minimum absolute atomic E-state index is 0.364. The molecule has 0 spiro atoms. The summed E-state index contributed by atoms with van der Waals surface area (Å²) < 4.78 is 41.1. The molecule has 0 bridgehead atoms. The highest BCUT2D eigenvalue weighted by Crippen LogP contribution is 2.35. The third kappa shape index (κ3) is 1.88. The van der Waals surface area contributed by atoms with E-state index in [4.69, 9.17) is 0 Å². The summed E-state index contributed by atoms with van der Waals surface area (Å²) in [4.78, 5) is 0. The lowest BCUT2D eigenvalue weighted by atomic mass is 10.1. The summed E-state index contributed by atoms with van der Waals surface area (Å²) in [5.74, 6) is 0. The lowest BCUT2D eigenvalue weighted by Crippen LogP contribution is -2.06. The van der Waals surface area contributed by atoms with Gasteiger partial charge >= 0.3 is 6.18 Å². The molecule has 0 unspecified atom stereocenters. The van der Waals surface area contributed by atoms with Gasteiger partial charge in [-0.3, -0.25) is 5.10 Å². The van der Waals surface area contributed by atoms with Crippen LogP contribution in [-0.2, 0) is 6.18 Å². The van der Waals surface area contributed by atoms with Crippen molar-refractivity contribution in [3.63, 3.8) is 0 Å². The number of nitrogens with zero attached hydrogens (tertiary/aromatic N) is 2. The van der Waals surface area contributed by atoms with Crippen LogP contribution in [0.25, 0.3) is 27.5 Å². The summed E-state index contributed by atoms with van der Waals surface area (Å²) >= 11 is 0. The van der Waals surface area contributed by atoms with Crippen LogP contribution in [0.1, 0.15) is 5.56 Å². The normalized spacial score (nSPS) is 12.3. The standard InChI is InChI=1S/C16H10F3N3/c17-16(18,19)11-7-13-12(9-20-21-13)15(8-11)22-6-5-10-3-1-2-4-14(10)22/h1-9H,(H,20,21). The largest absolute Gasteiger partial charge is 0.416 e. The average Bonchev–Trinajstić information content (AvgIpc) is 3.12. The Morgan fingerprint density at radius 3 is 2.68 bits per heavy atom. The fraction of sp³-hybridized carbons (Fsp3) is 0.0625. The van der Waals surface area contributed by atoms with Gasteiger partial charge in [-0.1, -0.05) is 18.2 Å². The fourth-order valence-corrected chi connectivity index (χ4v) is 2.69. The van der Waals surface area contributed by atoms with Crippen molar-refractivity contribution < 1.29 is 13.2 Å². The summed E-state index contributed by atoms with van der Waals surface area (Å²) in [5, 5.41) is 8.11. The topological polar surface area (TPSA) is 33.6 Å². The van der Waals surface area contributed by atoms with Crippen molar-refractivity contribution in [3.8, 4) is 5.69 Å². The average molecular weight is 301 g/mol. The number of hydrogen-bond donors (Lipinski definition) is 1. The Morgan fingerprint density at radius 2 is 1.86 bits per heavy atom. The molecule has 4 rings (SSSR count). The molecule has 1 N–H and O–H groups in total. The molecule has 6 heteroatoms. The number of hydrogen-bond acceptors (Lipinski definition) is 1. The minimum Gasteiger partial charge on any atom is -0.316 e. The third-order valence-electron chi connectivity index (χ3n) is 3.72. The van der Waals surface area contributed by atoms with Crippen LogP contribution in [0.3, 0.4) is 0 Å². The maximum atomic E-state index is 13.1. The van der Waals surface area contributed by atoms with Crippen molar-refractivity contribution in [3.05, 3.63) is 60.4 Å². The number of alkyl halides is 3. The summed E-state index contributed by atoms with van der Waals surface area (Å²) in [7, 11) is 0. The van der Waals surface area contributed by atoms with Crippen LogP contribution >= 0.6 is 0 Å². The number of benzene rings is 2. The zero-order valence-electron chi connectivity index (χ0n) is 11.2. The number of rotatable bonds is 1. The second-order valence-corrected chi connectivity index (χ2v) is 5.07. The highest BCUT2D eigenvalue weighted by molar-refractivity contribution is 5.91. The van der Waals surface area contributed by atoms with E-state index >= 15 is 0 Å². The van der Waals surface area contributed by atoms with Gasteiger partial charge in [0.15, 0.2) is 0 Å². The SMILES string of the molecule is FC(F)(F)c1cc(-n2ccc3ccccc32)c2cn[nH]c2c1. The van der Waals surface area contributed by atoms with E-state index in [9.17, 15) is 13.2 Å². The van der Waals surface area contributed by atoms with E-state index < -0.39 is 11.7 Å². The second-order valence-electron chi connectivity index (χ2n) is 5.07. The predicted molar refractivity (Wildman–Crippen MR) is 77.9 cm³/mol. The predicted octanol–water partition coefficient (Wildman–Crippen LogP) is 4.53. The van der Waals surface area contributed by atoms with Gasteiger partial charge in [-0.2, -0.15) is 18.3 Å². The Morgan fingerprint density at radius 1 is 1.05 bits per heavy atom. The van der Waals surface area contributed by atoms with Crippen molar-refractivity contribution in [1.82, 2.24) is 14.8 Å². The summed E-state index contributed by atoms with van der Waals surface area (Å²) in [6.45, 7) is 0. The first-order chi connectivity index (χ1) is 10.5. The first kappa shape index (κ1) is 12.9. The van der Waals surface area contributed by atoms with Crippen molar-refractivity contribution in [2.24, 2.45) is 0 Å². The van der Waals surface area contributed by atoms with Gasteiger partial charge in [0.25, 0.3) is 0 Å². The van der Waals surface area contributed by atoms with Gasteiger partial charge in [-0.25, -0.2) is 0 Å². The molecular weight excluding hydrogens is 291 g/mol. The molecule has 0 saturated heterocycles. The molecule has 0 aliphatic heterocycles. The maximum Gasteiger partial charge on any atom is 0.416 e. The van der Waals surface area contributed by atoms with E-state index in [0.717, 1.165) is 23.0 Å². The number of nitrogens with one attached hydrogen (secondary N) is 1. The van der Waals surface area contributed by atoms with Gasteiger partial charge in [0.2, 0.25) is 0 Å². The van der Waals surface area contributed by atoms with Crippen LogP contribution in [0.5, 0.6) is 0 Å². The van der Waals surface area contributed by atoms with Gasteiger partial charge in [0, 0.05) is 11.6 Å². The van der Waals surface area contributed by atoms with Crippen molar-refractivity contribution in [2.75, 3.05) is 0 Å². The smallest absolute Gasteiger partial charge is 0.316 e. The van der Waals surface area contributed by atoms with E-state index in [1.807, 2.05) is 30.3 Å². The highest BCUT2D eigenvalue weighted by atomic mass is 19.4. The van der Waals surface area contributed by atoms with E-state index in [2.05, 4.69) is 10.2 Å². The highest BCUT2D eigenvalue weighted by Gasteiger charge is 2.32. The van der Waals surface area contributed by atoms with Crippen LogP contribution in [-0.4, -0.2) is 14.8 Å². The summed E-state index contributed by atoms with van der Waals surface area (Å²) in [5.41, 5.74) is 0.976. The molecule has 0 amide bonds. The number of fused-ring (bicyclic) bond motifs is 2. The molecule has 0 aliphatic carbocycles. The first-order valence-electron chi connectivity index (χ1n) is 6.65. The quantitative estimate of drug-likeness (QED) is 0.551. The molecule has 0 fully saturated rings. The van der Waals surface area contributed by atoms with Crippen LogP contribution < -0.4 is 0 Å². The molecule has 0 atom stereocenters. The lowest BCUT2D eigenvalue weighted by Gasteiger charge is -2.12. The molecule has 0 saturated carbocycles. The Kier molecular flexibility index (Phi) is 2.57. The maximum absolute atomic E-state index is 13.1. The van der Waals surface area contributed by atoms with E-state index in [-0.39, 0.29) is 0 Å². The third-order valence-corrected chi connectivity index (χ3v) is 3.72. The van der Waals surface area contributed by atoms with Crippen LogP contribution in [0, 0.1) is 0 Å². The van der Waals surface area contributed by atoms with Crippen LogP contribution in [0.15, 0.2) is 54.9 Å². The molecule has 110 valence electrons. The Hall–Kier alpha value is -2.76. The molecule has 0 radical (unpaired) electrons. The van der Waals surface area contributed by atoms with Crippen molar-refractivity contribution in [1.29, 1.82) is 0 Å². The number of H-pyrrole nitrogens is 1. The van der Waals surface area contributed by atoms with Crippen LogP contribution in [0.4, 0.5) is 13.2 Å². The fourth-order valence-electron chi connectivity index (χ4n) is 2.69. The number of aromatic nitrogens is 3. The zero-order valence-corrected chi connectivity index (χ0v) is 11.2. The Labute approximate surface area is 123 Å². The van der Waals surface area contributed by atoms with Gasteiger partial charge in [-0.15, -0.1) is 0 Å². The molecule has 4 aromatic rings. The Balaban J connectivity index is 2.07. The molecule has 3 nitrogen and oxygen atoms in total. The number of halogens is 3. The van der Waals surface area contributed by atoms with Crippen molar-refractivity contribution in [2.45, 2.75) is 6.18 Å². The van der Waals surface area contributed by atoms with Crippen LogP contribution in [0.2, 0.25) is 0 Å². The zero-order chi connectivity index (χ0) is 15.3. The Bertz CT molecular complexity index is 979. The van der Waals surface area contributed by atoms with Gasteiger partial charge in [0.1, 0.15) is 0 Å². The molecule has 2 aromatic carbocycles. The first-order valence-corrected chi connectivity index (χ1v) is 6.65. The van der Waals surface area contributed by atoms with Gasteiger partial charge in [-0.05, 0) is 29.7 Å². The second kappa shape index (κ2) is 4.37. The summed E-state index contributed by atoms with van der Waals surface area (Å²) in [6.07, 6.45) is -1.09. The van der Waals surface area contributed by atoms with E-state index in [1.54, 1.807) is 17.0 Å². The molecule has 2 heterocycles. The summed E-state index contributed by atoms with van der Waals surface area (Å²) in [6, 6.07) is 11.7. The van der Waals surface area contributed by atoms with E-state index in [1.165, 1.54) is 0 Å². The molecule has 0 aliphatic rings. The van der Waals surface area contributed by atoms with Gasteiger partial charge < -0.3 is 4.57 Å². The number of aromatic amines is 1. The minimum atomic E-state index is -4.41. The van der Waals surface area contributed by atoms with E-state index in [0.29, 0.717) is 16.6 Å². The molecule has 2 aromatic heterocycles. The molecular formula is C16H10F3N3. The van der Waals surface area contributed by atoms with Crippen molar-refractivity contribution >= 4 is 21.8 Å². The monoisotopic (exact) mass is 301 g/mol. The molecule has 22 heavy (non-hydrogen) atoms. The lowest BCUT2D eigenvalue weighted by molar-refractivity contribution is -0.137. The number of para-hydroxylation sites is 1.